The summed E-state index contributed by atoms with van der Waals surface area (Å²) in [5.74, 6) is -1.10. The highest BCUT2D eigenvalue weighted by atomic mass is 35.5. The van der Waals surface area contributed by atoms with Gasteiger partial charge in [0.25, 0.3) is 5.91 Å². The van der Waals surface area contributed by atoms with Crippen molar-refractivity contribution in [1.82, 2.24) is 10.5 Å². The minimum absolute atomic E-state index is 0.279. The summed E-state index contributed by atoms with van der Waals surface area (Å²) in [5.41, 5.74) is 1.30. The van der Waals surface area contributed by atoms with Gasteiger partial charge in [0, 0.05) is 5.02 Å². The van der Waals surface area contributed by atoms with E-state index >= 15 is 0 Å². The molecule has 2 aromatic rings. The van der Waals surface area contributed by atoms with E-state index in [1.54, 1.807) is 38.1 Å². The van der Waals surface area contributed by atoms with Crippen LogP contribution in [-0.2, 0) is 4.79 Å². The number of aromatic nitrogens is 1. The third-order valence-corrected chi connectivity index (χ3v) is 3.57. The number of amides is 1. The van der Waals surface area contributed by atoms with Crippen LogP contribution in [0.2, 0.25) is 5.02 Å². The van der Waals surface area contributed by atoms with Gasteiger partial charge >= 0.3 is 5.97 Å². The van der Waals surface area contributed by atoms with Gasteiger partial charge < -0.3 is 14.9 Å². The third-order valence-electron chi connectivity index (χ3n) is 3.23. The fourth-order valence-corrected chi connectivity index (χ4v) is 2.48. The van der Waals surface area contributed by atoms with E-state index in [1.807, 2.05) is 0 Å². The van der Waals surface area contributed by atoms with Crippen LogP contribution in [-0.4, -0.2) is 22.1 Å². The molecule has 1 aromatic carbocycles. The molecule has 1 amide bonds. The van der Waals surface area contributed by atoms with E-state index in [1.165, 1.54) is 0 Å². The second kappa shape index (κ2) is 6.62. The van der Waals surface area contributed by atoms with Gasteiger partial charge in [0.1, 0.15) is 11.3 Å². The number of carboxylic acids is 1. The number of halogens is 1. The monoisotopic (exact) mass is 322 g/mol. The van der Waals surface area contributed by atoms with Crippen LogP contribution in [0.15, 0.2) is 28.8 Å². The zero-order valence-electron chi connectivity index (χ0n) is 12.1. The normalized spacial score (nSPS) is 12.0. The average molecular weight is 323 g/mol. The van der Waals surface area contributed by atoms with Gasteiger partial charge in [-0.05, 0) is 25.5 Å². The number of rotatable bonds is 5. The highest BCUT2D eigenvalue weighted by Crippen LogP contribution is 2.26. The first kappa shape index (κ1) is 16.0. The maximum Gasteiger partial charge on any atom is 0.305 e. The summed E-state index contributed by atoms with van der Waals surface area (Å²) in [5, 5.41) is 15.9. The Kier molecular flexibility index (Phi) is 4.82. The standard InChI is InChI=1S/C15H15ClN2O4/c1-8-14(9(2)22-18-8)15(21)17-12(7-13(19)20)10-5-3-4-6-11(10)16/h3-6,12H,7H2,1-2H3,(H,17,21)(H,19,20)/t12-/m0/s1. The second-order valence-corrected chi connectivity index (χ2v) is 5.25. The quantitative estimate of drug-likeness (QED) is 0.883. The molecule has 7 heteroatoms. The molecule has 2 rings (SSSR count). The fourth-order valence-electron chi connectivity index (χ4n) is 2.21. The zero-order valence-corrected chi connectivity index (χ0v) is 12.8. The van der Waals surface area contributed by atoms with Gasteiger partial charge in [0.2, 0.25) is 0 Å². The highest BCUT2D eigenvalue weighted by Gasteiger charge is 2.24. The van der Waals surface area contributed by atoms with Crippen molar-refractivity contribution in [2.45, 2.75) is 26.3 Å². The predicted molar refractivity (Wildman–Crippen MR) is 79.9 cm³/mol. The van der Waals surface area contributed by atoms with Crippen molar-refractivity contribution in [2.75, 3.05) is 0 Å². The lowest BCUT2D eigenvalue weighted by atomic mass is 10.0. The average Bonchev–Trinajstić information content (AvgIpc) is 2.77. The Morgan fingerprint density at radius 2 is 2.05 bits per heavy atom. The molecule has 0 unspecified atom stereocenters. The first-order valence-corrected chi connectivity index (χ1v) is 6.98. The van der Waals surface area contributed by atoms with Gasteiger partial charge in [-0.1, -0.05) is 35.0 Å². The van der Waals surface area contributed by atoms with Crippen LogP contribution in [0, 0.1) is 13.8 Å². The molecule has 0 aliphatic rings. The smallest absolute Gasteiger partial charge is 0.305 e. The molecule has 1 heterocycles. The van der Waals surface area contributed by atoms with E-state index in [-0.39, 0.29) is 6.42 Å². The van der Waals surface area contributed by atoms with Crippen LogP contribution in [0.1, 0.15) is 39.8 Å². The van der Waals surface area contributed by atoms with Crippen molar-refractivity contribution >= 4 is 23.5 Å². The topological polar surface area (TPSA) is 92.4 Å². The highest BCUT2D eigenvalue weighted by molar-refractivity contribution is 6.31. The molecule has 0 fully saturated rings. The summed E-state index contributed by atoms with van der Waals surface area (Å²) in [7, 11) is 0. The summed E-state index contributed by atoms with van der Waals surface area (Å²) >= 11 is 6.10. The van der Waals surface area contributed by atoms with Gasteiger partial charge in [-0.15, -0.1) is 0 Å². The maximum absolute atomic E-state index is 12.4. The molecule has 1 aromatic heterocycles. The number of hydrogen-bond acceptors (Lipinski definition) is 4. The molecular formula is C15H15ClN2O4. The van der Waals surface area contributed by atoms with Crippen LogP contribution in [0.5, 0.6) is 0 Å². The number of carboxylic acid groups (broad SMARTS) is 1. The van der Waals surface area contributed by atoms with Gasteiger partial charge in [-0.3, -0.25) is 9.59 Å². The van der Waals surface area contributed by atoms with Gasteiger partial charge in [-0.2, -0.15) is 0 Å². The largest absolute Gasteiger partial charge is 0.481 e. The SMILES string of the molecule is Cc1noc(C)c1C(=O)N[C@@H](CC(=O)O)c1ccccc1Cl. The molecule has 0 saturated heterocycles. The Hall–Kier alpha value is -2.34. The Labute approximate surface area is 132 Å². The molecule has 1 atom stereocenters. The van der Waals surface area contributed by atoms with E-state index in [0.717, 1.165) is 0 Å². The van der Waals surface area contributed by atoms with Crippen LogP contribution in [0.3, 0.4) is 0 Å². The van der Waals surface area contributed by atoms with Crippen LogP contribution < -0.4 is 5.32 Å². The number of nitrogens with zero attached hydrogens (tertiary/aromatic N) is 1. The summed E-state index contributed by atoms with van der Waals surface area (Å²) in [6.45, 7) is 3.27. The number of nitrogens with one attached hydrogen (secondary N) is 1. The molecule has 6 nitrogen and oxygen atoms in total. The Balaban J connectivity index is 2.30. The zero-order chi connectivity index (χ0) is 16.3. The molecule has 22 heavy (non-hydrogen) atoms. The van der Waals surface area contributed by atoms with Crippen molar-refractivity contribution < 1.29 is 19.2 Å². The first-order valence-electron chi connectivity index (χ1n) is 6.60. The van der Waals surface area contributed by atoms with Crippen molar-refractivity contribution in [2.24, 2.45) is 0 Å². The van der Waals surface area contributed by atoms with Gasteiger partial charge in [-0.25, -0.2) is 0 Å². The lowest BCUT2D eigenvalue weighted by Crippen LogP contribution is -2.31. The van der Waals surface area contributed by atoms with Crippen molar-refractivity contribution in [3.63, 3.8) is 0 Å². The van der Waals surface area contributed by atoms with Gasteiger partial charge in [0.15, 0.2) is 0 Å². The maximum atomic E-state index is 12.4. The molecule has 0 radical (unpaired) electrons. The number of carbonyl (C=O) groups excluding carboxylic acids is 1. The van der Waals surface area contributed by atoms with Gasteiger partial charge in [0.05, 0.1) is 18.2 Å². The van der Waals surface area contributed by atoms with Crippen molar-refractivity contribution in [3.8, 4) is 0 Å². The molecule has 0 aliphatic carbocycles. The van der Waals surface area contributed by atoms with E-state index in [4.69, 9.17) is 21.2 Å². The van der Waals surface area contributed by atoms with E-state index in [0.29, 0.717) is 27.6 Å². The Bertz CT molecular complexity index is 692. The summed E-state index contributed by atoms with van der Waals surface area (Å²) < 4.78 is 4.96. The summed E-state index contributed by atoms with van der Waals surface area (Å²) in [4.78, 5) is 23.4. The minimum atomic E-state index is -1.04. The number of aliphatic carboxylic acids is 1. The molecule has 0 aliphatic heterocycles. The number of benzene rings is 1. The number of aryl methyl sites for hydroxylation is 2. The molecule has 0 bridgehead atoms. The molecule has 2 N–H and O–H groups in total. The lowest BCUT2D eigenvalue weighted by Gasteiger charge is -2.18. The Morgan fingerprint density at radius 1 is 1.36 bits per heavy atom. The minimum Gasteiger partial charge on any atom is -0.481 e. The van der Waals surface area contributed by atoms with Crippen molar-refractivity contribution in [1.29, 1.82) is 0 Å². The lowest BCUT2D eigenvalue weighted by molar-refractivity contribution is -0.137. The van der Waals surface area contributed by atoms with Crippen LogP contribution in [0.25, 0.3) is 0 Å². The van der Waals surface area contributed by atoms with Crippen LogP contribution >= 0.6 is 11.6 Å². The fraction of sp³-hybridized carbons (Fsp3) is 0.267. The molecule has 116 valence electrons. The molecule has 0 spiro atoms. The van der Waals surface area contributed by atoms with Crippen LogP contribution in [0.4, 0.5) is 0 Å². The van der Waals surface area contributed by atoms with E-state index in [2.05, 4.69) is 10.5 Å². The second-order valence-electron chi connectivity index (χ2n) is 4.84. The van der Waals surface area contributed by atoms with E-state index < -0.39 is 17.9 Å². The molecular weight excluding hydrogens is 308 g/mol. The Morgan fingerprint density at radius 3 is 2.59 bits per heavy atom. The third kappa shape index (κ3) is 3.46. The number of hydrogen-bond donors (Lipinski definition) is 2. The van der Waals surface area contributed by atoms with Crippen molar-refractivity contribution in [3.05, 3.63) is 51.9 Å². The summed E-state index contributed by atoms with van der Waals surface area (Å²) in [6.07, 6.45) is -0.279. The molecule has 0 saturated carbocycles. The first-order chi connectivity index (χ1) is 10.4. The summed E-state index contributed by atoms with van der Waals surface area (Å²) in [6, 6.07) is 6.06. The number of carbonyl (C=O) groups is 2. The van der Waals surface area contributed by atoms with E-state index in [9.17, 15) is 9.59 Å². The predicted octanol–water partition coefficient (Wildman–Crippen LogP) is 2.89.